The maximum Gasteiger partial charge on any atom is 0.234 e. The molecule has 0 heterocycles. The van der Waals surface area contributed by atoms with Gasteiger partial charge in [-0.15, -0.1) is 0 Å². The van der Waals surface area contributed by atoms with E-state index in [2.05, 4.69) is 10.6 Å². The number of carbonyl (C=O) groups is 1. The molecule has 7 heteroatoms. The van der Waals surface area contributed by atoms with E-state index < -0.39 is 6.10 Å². The normalized spacial score (nSPS) is 15.6. The predicted molar refractivity (Wildman–Crippen MR) is 82.0 cm³/mol. The third-order valence-corrected chi connectivity index (χ3v) is 3.54. The van der Waals surface area contributed by atoms with E-state index in [0.29, 0.717) is 21.8 Å². The lowest BCUT2D eigenvalue weighted by Gasteiger charge is -2.14. The Balaban J connectivity index is 1.64. The van der Waals surface area contributed by atoms with Crippen molar-refractivity contribution in [1.82, 2.24) is 10.6 Å². The quantitative estimate of drug-likeness (QED) is 0.676. The highest BCUT2D eigenvalue weighted by Crippen LogP contribution is 2.32. The van der Waals surface area contributed by atoms with Gasteiger partial charge in [0.25, 0.3) is 0 Å². The van der Waals surface area contributed by atoms with Gasteiger partial charge in [-0.3, -0.25) is 4.79 Å². The number of nitrogens with one attached hydrogen (secondary N) is 2. The Bertz CT molecular complexity index is 475. The molecule has 1 amide bonds. The fourth-order valence-corrected chi connectivity index (χ4v) is 2.22. The van der Waals surface area contributed by atoms with Crippen molar-refractivity contribution in [2.75, 3.05) is 19.7 Å². The number of halogens is 2. The van der Waals surface area contributed by atoms with Gasteiger partial charge in [0.2, 0.25) is 5.91 Å². The zero-order valence-corrected chi connectivity index (χ0v) is 13.0. The van der Waals surface area contributed by atoms with Crippen LogP contribution in [0.25, 0.3) is 0 Å². The van der Waals surface area contributed by atoms with E-state index in [1.165, 1.54) is 0 Å². The second-order valence-electron chi connectivity index (χ2n) is 4.99. The maximum atomic E-state index is 11.4. The van der Waals surface area contributed by atoms with Crippen LogP contribution in [0.15, 0.2) is 18.2 Å². The predicted octanol–water partition coefficient (Wildman–Crippen LogP) is 1.60. The van der Waals surface area contributed by atoms with Crippen LogP contribution in [0.2, 0.25) is 10.0 Å². The van der Waals surface area contributed by atoms with Crippen LogP contribution in [-0.2, 0) is 4.79 Å². The van der Waals surface area contributed by atoms with Gasteiger partial charge in [-0.25, -0.2) is 0 Å². The number of amides is 1. The minimum absolute atomic E-state index is 0.0424. The molecule has 116 valence electrons. The minimum atomic E-state index is -0.758. The third-order valence-electron chi connectivity index (χ3n) is 2.95. The Morgan fingerprint density at radius 1 is 1.38 bits per heavy atom. The van der Waals surface area contributed by atoms with Gasteiger partial charge in [-0.05, 0) is 25.0 Å². The standard InChI is InChI=1S/C14H18Cl2N2O3/c15-11-2-1-3-12(16)14(11)21-8-10(19)6-17-7-13(20)18-9-4-5-9/h1-3,9-10,17,19H,4-8H2,(H,18,20). The van der Waals surface area contributed by atoms with Crippen molar-refractivity contribution in [3.05, 3.63) is 28.2 Å². The number of aliphatic hydroxyl groups excluding tert-OH is 1. The molecule has 5 nitrogen and oxygen atoms in total. The van der Waals surface area contributed by atoms with E-state index in [9.17, 15) is 9.90 Å². The second kappa shape index (κ2) is 7.84. The zero-order valence-electron chi connectivity index (χ0n) is 11.4. The first-order valence-corrected chi connectivity index (χ1v) is 7.57. The summed E-state index contributed by atoms with van der Waals surface area (Å²) in [4.78, 5) is 11.4. The summed E-state index contributed by atoms with van der Waals surface area (Å²) in [7, 11) is 0. The first-order chi connectivity index (χ1) is 10.1. The van der Waals surface area contributed by atoms with Crippen molar-refractivity contribution in [1.29, 1.82) is 0 Å². The van der Waals surface area contributed by atoms with Gasteiger partial charge in [-0.2, -0.15) is 0 Å². The molecule has 0 radical (unpaired) electrons. The lowest BCUT2D eigenvalue weighted by molar-refractivity contribution is -0.120. The van der Waals surface area contributed by atoms with Gasteiger partial charge in [0.05, 0.1) is 16.6 Å². The maximum absolute atomic E-state index is 11.4. The fraction of sp³-hybridized carbons (Fsp3) is 0.500. The SMILES string of the molecule is O=C(CNCC(O)COc1c(Cl)cccc1Cl)NC1CC1. The van der Waals surface area contributed by atoms with Crippen LogP contribution in [0.5, 0.6) is 5.75 Å². The molecular weight excluding hydrogens is 315 g/mol. The van der Waals surface area contributed by atoms with Gasteiger partial charge >= 0.3 is 0 Å². The number of benzene rings is 1. The summed E-state index contributed by atoms with van der Waals surface area (Å²) in [5.74, 6) is 0.297. The Hall–Kier alpha value is -1.01. The molecule has 0 bridgehead atoms. The molecule has 1 saturated carbocycles. The fourth-order valence-electron chi connectivity index (χ4n) is 1.72. The Morgan fingerprint density at radius 2 is 2.05 bits per heavy atom. The smallest absolute Gasteiger partial charge is 0.234 e. The van der Waals surface area contributed by atoms with E-state index >= 15 is 0 Å². The Labute approximate surface area is 133 Å². The Morgan fingerprint density at radius 3 is 2.67 bits per heavy atom. The number of hydrogen-bond donors (Lipinski definition) is 3. The summed E-state index contributed by atoms with van der Waals surface area (Å²) in [5.41, 5.74) is 0. The lowest BCUT2D eigenvalue weighted by Crippen LogP contribution is -2.39. The van der Waals surface area contributed by atoms with Gasteiger partial charge in [0.15, 0.2) is 5.75 Å². The molecule has 1 aliphatic rings. The molecule has 1 unspecified atom stereocenters. The van der Waals surface area contributed by atoms with Crippen LogP contribution >= 0.6 is 23.2 Å². The number of hydrogen-bond acceptors (Lipinski definition) is 4. The van der Waals surface area contributed by atoms with Crippen molar-refractivity contribution in [3.8, 4) is 5.75 Å². The summed E-state index contributed by atoms with van der Waals surface area (Å²) in [6.07, 6.45) is 1.35. The highest BCUT2D eigenvalue weighted by molar-refractivity contribution is 6.37. The Kier molecular flexibility index (Phi) is 6.11. The largest absolute Gasteiger partial charge is 0.488 e. The van der Waals surface area contributed by atoms with E-state index in [4.69, 9.17) is 27.9 Å². The summed E-state index contributed by atoms with van der Waals surface area (Å²) >= 11 is 11.9. The molecule has 0 aromatic heterocycles. The van der Waals surface area contributed by atoms with Crippen LogP contribution < -0.4 is 15.4 Å². The number of aliphatic hydroxyl groups is 1. The van der Waals surface area contributed by atoms with Gasteiger partial charge in [0, 0.05) is 12.6 Å². The van der Waals surface area contributed by atoms with E-state index in [-0.39, 0.29) is 25.6 Å². The van der Waals surface area contributed by atoms with Gasteiger partial charge in [-0.1, -0.05) is 29.3 Å². The molecule has 1 aromatic rings. The van der Waals surface area contributed by atoms with Crippen molar-refractivity contribution in [2.24, 2.45) is 0 Å². The summed E-state index contributed by atoms with van der Waals surface area (Å²) < 4.78 is 5.41. The summed E-state index contributed by atoms with van der Waals surface area (Å²) in [5, 5.41) is 16.3. The highest BCUT2D eigenvalue weighted by Gasteiger charge is 2.22. The molecule has 0 spiro atoms. The molecular formula is C14H18Cl2N2O3. The van der Waals surface area contributed by atoms with Crippen LogP contribution in [0.3, 0.4) is 0 Å². The topological polar surface area (TPSA) is 70.6 Å². The number of ether oxygens (including phenoxy) is 1. The minimum Gasteiger partial charge on any atom is -0.488 e. The average molecular weight is 333 g/mol. The van der Waals surface area contributed by atoms with Crippen LogP contribution in [0, 0.1) is 0 Å². The third kappa shape index (κ3) is 5.71. The average Bonchev–Trinajstić information content (AvgIpc) is 3.22. The van der Waals surface area contributed by atoms with E-state index in [0.717, 1.165) is 12.8 Å². The molecule has 1 atom stereocenters. The summed E-state index contributed by atoms with van der Waals surface area (Å²) in [6.45, 7) is 0.473. The number of carbonyl (C=O) groups excluding carboxylic acids is 1. The van der Waals surface area contributed by atoms with Crippen molar-refractivity contribution < 1.29 is 14.6 Å². The summed E-state index contributed by atoms with van der Waals surface area (Å²) in [6, 6.07) is 5.38. The van der Waals surface area contributed by atoms with Gasteiger partial charge < -0.3 is 20.5 Å². The molecule has 1 fully saturated rings. The first-order valence-electron chi connectivity index (χ1n) is 6.81. The van der Waals surface area contributed by atoms with E-state index in [1.54, 1.807) is 18.2 Å². The van der Waals surface area contributed by atoms with Gasteiger partial charge in [0.1, 0.15) is 12.7 Å². The van der Waals surface area contributed by atoms with Crippen molar-refractivity contribution in [2.45, 2.75) is 25.0 Å². The number of rotatable bonds is 8. The molecule has 3 N–H and O–H groups in total. The van der Waals surface area contributed by atoms with E-state index in [1.807, 2.05) is 0 Å². The molecule has 21 heavy (non-hydrogen) atoms. The van der Waals surface area contributed by atoms with Crippen LogP contribution in [0.4, 0.5) is 0 Å². The van der Waals surface area contributed by atoms with Crippen molar-refractivity contribution in [3.63, 3.8) is 0 Å². The second-order valence-corrected chi connectivity index (χ2v) is 5.80. The zero-order chi connectivity index (χ0) is 15.2. The monoisotopic (exact) mass is 332 g/mol. The molecule has 1 aromatic carbocycles. The highest BCUT2D eigenvalue weighted by atomic mass is 35.5. The van der Waals surface area contributed by atoms with Crippen LogP contribution in [0.1, 0.15) is 12.8 Å². The molecule has 0 saturated heterocycles. The number of para-hydroxylation sites is 1. The molecule has 0 aliphatic heterocycles. The molecule has 1 aliphatic carbocycles. The molecule has 2 rings (SSSR count). The van der Waals surface area contributed by atoms with Crippen molar-refractivity contribution >= 4 is 29.1 Å². The first kappa shape index (κ1) is 16.4. The lowest BCUT2D eigenvalue weighted by atomic mass is 10.3. The van der Waals surface area contributed by atoms with Crippen LogP contribution in [-0.4, -0.2) is 42.9 Å².